The predicted molar refractivity (Wildman–Crippen MR) is 213 cm³/mol. The van der Waals surface area contributed by atoms with Crippen LogP contribution in [-0.4, -0.2) is 16.3 Å². The highest BCUT2D eigenvalue weighted by Gasteiger charge is 2.17. The van der Waals surface area contributed by atoms with Crippen LogP contribution in [0.4, 0.5) is 5.69 Å². The van der Waals surface area contributed by atoms with Crippen LogP contribution in [0.15, 0.2) is 157 Å². The summed E-state index contributed by atoms with van der Waals surface area (Å²) in [5.41, 5.74) is 11.5. The molecule has 3 nitrogen and oxygen atoms in total. The second kappa shape index (κ2) is 12.9. The number of benzene rings is 7. The quantitative estimate of drug-likeness (QED) is 0.180. The van der Waals surface area contributed by atoms with Gasteiger partial charge in [-0.15, -0.1) is 11.3 Å². The molecule has 0 saturated carbocycles. The fourth-order valence-corrected chi connectivity index (χ4v) is 7.47. The zero-order valence-electron chi connectivity index (χ0n) is 28.3. The third-order valence-electron chi connectivity index (χ3n) is 9.25. The smallest absolute Gasteiger partial charge is 0.126 e. The van der Waals surface area contributed by atoms with Crippen LogP contribution >= 0.6 is 11.3 Å². The van der Waals surface area contributed by atoms with Crippen LogP contribution in [0.25, 0.3) is 64.9 Å². The van der Waals surface area contributed by atoms with E-state index in [1.54, 1.807) is 23.6 Å². The molecule has 0 aliphatic heterocycles. The van der Waals surface area contributed by atoms with Gasteiger partial charge in [0.1, 0.15) is 10.8 Å². The van der Waals surface area contributed by atoms with Crippen molar-refractivity contribution in [2.75, 3.05) is 0 Å². The first-order valence-corrected chi connectivity index (χ1v) is 17.7. The third kappa shape index (κ3) is 6.22. The Bertz CT molecular complexity index is 2520. The molecule has 1 aromatic heterocycles. The number of nitrogens with zero attached hydrogens (tertiary/aromatic N) is 2. The third-order valence-corrected chi connectivity index (χ3v) is 10.3. The van der Waals surface area contributed by atoms with E-state index < -0.39 is 0 Å². The van der Waals surface area contributed by atoms with Gasteiger partial charge in [-0.2, -0.15) is 0 Å². The van der Waals surface area contributed by atoms with Gasteiger partial charge >= 0.3 is 0 Å². The van der Waals surface area contributed by atoms with Crippen LogP contribution in [0.1, 0.15) is 31.9 Å². The van der Waals surface area contributed by atoms with Crippen molar-refractivity contribution in [3.05, 3.63) is 163 Å². The highest BCUT2D eigenvalue weighted by Crippen LogP contribution is 2.42. The van der Waals surface area contributed by atoms with Gasteiger partial charge in [-0.3, -0.25) is 4.99 Å². The number of aromatic hydroxyl groups is 1. The number of thiazole rings is 1. The number of phenolic OH excluding ortho intramolecular Hbond substituents is 1. The van der Waals surface area contributed by atoms with Crippen LogP contribution in [-0.2, 0) is 5.41 Å². The lowest BCUT2D eigenvalue weighted by Crippen LogP contribution is -2.11. The summed E-state index contributed by atoms with van der Waals surface area (Å²) in [6, 6.07) is 52.9. The highest BCUT2D eigenvalue weighted by atomic mass is 32.1. The number of para-hydroxylation sites is 1. The molecule has 7 aromatic carbocycles. The van der Waals surface area contributed by atoms with Gasteiger partial charge in [0.25, 0.3) is 0 Å². The van der Waals surface area contributed by atoms with Crippen molar-refractivity contribution >= 4 is 44.2 Å². The van der Waals surface area contributed by atoms with Crippen molar-refractivity contribution in [1.82, 2.24) is 4.98 Å². The number of aliphatic imine (C=N–C) groups is 1. The van der Waals surface area contributed by atoms with Gasteiger partial charge in [0, 0.05) is 22.9 Å². The van der Waals surface area contributed by atoms with Crippen LogP contribution < -0.4 is 0 Å². The summed E-state index contributed by atoms with van der Waals surface area (Å²) in [6.07, 6.45) is 1.76. The molecule has 50 heavy (non-hydrogen) atoms. The van der Waals surface area contributed by atoms with Gasteiger partial charge in [-0.05, 0) is 92.0 Å². The van der Waals surface area contributed by atoms with E-state index in [1.807, 2.05) is 36.4 Å². The monoisotopic (exact) mass is 664 g/mol. The molecule has 0 aliphatic carbocycles. The predicted octanol–water partition coefficient (Wildman–Crippen LogP) is 12.9. The number of aromatic nitrogens is 1. The maximum atomic E-state index is 10.6. The minimum Gasteiger partial charge on any atom is -0.507 e. The standard InChI is InChI=1S/C46H36N2OS/c1-46(2,3)38-23-24-42(49)37(26-38)29-47-41-16-10-9-15-39(41)45-48-44-40(33-12-5-4-6-13-33)27-36(28-43(44)50-45)32-19-17-31(18-20-32)35-22-21-30-11-7-8-14-34(30)25-35/h4-29,49H,1-3H3. The first-order chi connectivity index (χ1) is 24.3. The molecule has 0 amide bonds. The Morgan fingerprint density at radius 1 is 0.580 bits per heavy atom. The second-order valence-electron chi connectivity index (χ2n) is 13.7. The number of phenols is 1. The van der Waals surface area contributed by atoms with Gasteiger partial charge in [0.05, 0.1) is 15.9 Å². The lowest BCUT2D eigenvalue weighted by Gasteiger charge is -2.19. The molecule has 0 spiro atoms. The van der Waals surface area contributed by atoms with Crippen LogP contribution in [0.2, 0.25) is 0 Å². The van der Waals surface area contributed by atoms with Crippen molar-refractivity contribution in [3.8, 4) is 49.7 Å². The molecule has 0 atom stereocenters. The number of fused-ring (bicyclic) bond motifs is 2. The Morgan fingerprint density at radius 3 is 2.04 bits per heavy atom. The van der Waals surface area contributed by atoms with Crippen LogP contribution in [0, 0.1) is 0 Å². The summed E-state index contributed by atoms with van der Waals surface area (Å²) in [5.74, 6) is 0.213. The minimum atomic E-state index is -0.0379. The zero-order chi connectivity index (χ0) is 34.2. The van der Waals surface area contributed by atoms with Gasteiger partial charge < -0.3 is 5.11 Å². The Morgan fingerprint density at radius 2 is 1.26 bits per heavy atom. The Hall–Kier alpha value is -5.84. The maximum absolute atomic E-state index is 10.6. The van der Waals surface area contributed by atoms with E-state index in [2.05, 4.69) is 130 Å². The topological polar surface area (TPSA) is 45.5 Å². The summed E-state index contributed by atoms with van der Waals surface area (Å²) >= 11 is 1.68. The number of hydrogen-bond donors (Lipinski definition) is 1. The molecule has 0 aliphatic rings. The summed E-state index contributed by atoms with van der Waals surface area (Å²) in [4.78, 5) is 10.1. The maximum Gasteiger partial charge on any atom is 0.126 e. The van der Waals surface area contributed by atoms with Crippen molar-refractivity contribution < 1.29 is 5.11 Å². The number of hydrogen-bond acceptors (Lipinski definition) is 4. The second-order valence-corrected chi connectivity index (χ2v) is 14.7. The first kappa shape index (κ1) is 31.4. The summed E-state index contributed by atoms with van der Waals surface area (Å²) in [7, 11) is 0. The van der Waals surface area contributed by atoms with E-state index in [9.17, 15) is 5.11 Å². The molecule has 0 radical (unpaired) electrons. The SMILES string of the molecule is CC(C)(C)c1ccc(O)c(C=Nc2ccccc2-c2nc3c(-c4ccccc4)cc(-c4ccc(-c5ccc6ccccc6c5)cc4)cc3s2)c1. The molecular formula is C46H36N2OS. The fourth-order valence-electron chi connectivity index (χ4n) is 6.40. The van der Waals surface area contributed by atoms with Crippen LogP contribution in [0.3, 0.4) is 0 Å². The molecule has 4 heteroatoms. The molecule has 0 fully saturated rings. The lowest BCUT2D eigenvalue weighted by molar-refractivity contribution is 0.473. The van der Waals surface area contributed by atoms with Crippen molar-refractivity contribution in [2.24, 2.45) is 4.99 Å². The van der Waals surface area contributed by atoms with E-state index >= 15 is 0 Å². The number of rotatable bonds is 6. The van der Waals surface area contributed by atoms with Crippen molar-refractivity contribution in [1.29, 1.82) is 0 Å². The van der Waals surface area contributed by atoms with E-state index in [0.717, 1.165) is 54.3 Å². The van der Waals surface area contributed by atoms with Gasteiger partial charge in [-0.25, -0.2) is 4.98 Å². The van der Waals surface area contributed by atoms with E-state index in [-0.39, 0.29) is 11.2 Å². The molecule has 8 rings (SSSR count). The van der Waals surface area contributed by atoms with E-state index in [0.29, 0.717) is 5.56 Å². The molecule has 1 N–H and O–H groups in total. The molecule has 0 saturated heterocycles. The Labute approximate surface area is 296 Å². The van der Waals surface area contributed by atoms with Gasteiger partial charge in [0.2, 0.25) is 0 Å². The van der Waals surface area contributed by atoms with Gasteiger partial charge in [0.15, 0.2) is 0 Å². The Balaban J connectivity index is 1.19. The average molecular weight is 665 g/mol. The van der Waals surface area contributed by atoms with Gasteiger partial charge in [-0.1, -0.05) is 130 Å². The summed E-state index contributed by atoms with van der Waals surface area (Å²) in [5, 5.41) is 14.0. The normalized spacial score (nSPS) is 11.9. The average Bonchev–Trinajstić information content (AvgIpc) is 3.58. The largest absolute Gasteiger partial charge is 0.507 e. The lowest BCUT2D eigenvalue weighted by atomic mass is 9.86. The van der Waals surface area contributed by atoms with E-state index in [1.165, 1.54) is 21.9 Å². The fraction of sp³-hybridized carbons (Fsp3) is 0.0870. The summed E-state index contributed by atoms with van der Waals surface area (Å²) < 4.78 is 1.12. The Kier molecular flexibility index (Phi) is 8.10. The first-order valence-electron chi connectivity index (χ1n) is 16.9. The molecular weight excluding hydrogens is 629 g/mol. The van der Waals surface area contributed by atoms with Crippen LogP contribution in [0.5, 0.6) is 5.75 Å². The summed E-state index contributed by atoms with van der Waals surface area (Å²) in [6.45, 7) is 6.50. The van der Waals surface area contributed by atoms with Crippen molar-refractivity contribution in [3.63, 3.8) is 0 Å². The molecule has 8 aromatic rings. The molecule has 1 heterocycles. The zero-order valence-corrected chi connectivity index (χ0v) is 29.1. The molecule has 0 bridgehead atoms. The molecule has 0 unspecified atom stereocenters. The molecule has 242 valence electrons. The minimum absolute atomic E-state index is 0.0379. The highest BCUT2D eigenvalue weighted by molar-refractivity contribution is 7.21. The van der Waals surface area contributed by atoms with Crippen molar-refractivity contribution in [2.45, 2.75) is 26.2 Å². The van der Waals surface area contributed by atoms with E-state index in [4.69, 9.17) is 9.98 Å².